The second-order valence-electron chi connectivity index (χ2n) is 7.57. The molecule has 3 heterocycles. The van der Waals surface area contributed by atoms with Crippen molar-refractivity contribution < 1.29 is 9.53 Å². The molecule has 2 aromatic carbocycles. The van der Waals surface area contributed by atoms with Gasteiger partial charge in [0.25, 0.3) is 5.56 Å². The van der Waals surface area contributed by atoms with Crippen molar-refractivity contribution in [2.24, 2.45) is 7.05 Å². The van der Waals surface area contributed by atoms with Crippen molar-refractivity contribution in [1.82, 2.24) is 28.9 Å². The summed E-state index contributed by atoms with van der Waals surface area (Å²) in [6.07, 6.45) is 0. The second kappa shape index (κ2) is 8.23. The van der Waals surface area contributed by atoms with Crippen LogP contribution in [-0.4, -0.2) is 34.9 Å². The number of benzene rings is 2. The van der Waals surface area contributed by atoms with Gasteiger partial charge in [0.1, 0.15) is 0 Å². The number of carbonyl (C=O) groups is 1. The summed E-state index contributed by atoms with van der Waals surface area (Å²) in [5.74, 6) is -0.338. The Morgan fingerprint density at radius 3 is 2.59 bits per heavy atom. The largest absolute Gasteiger partial charge is 0.453 e. The molecule has 0 radical (unpaired) electrons. The predicted octanol–water partition coefficient (Wildman–Crippen LogP) is 2.45. The zero-order valence-corrected chi connectivity index (χ0v) is 18.9. The Hall–Kier alpha value is -4.31. The van der Waals surface area contributed by atoms with Crippen molar-refractivity contribution >= 4 is 34.3 Å². The first kappa shape index (κ1) is 21.5. The minimum atomic E-state index is -0.920. The minimum Gasteiger partial charge on any atom is -0.453 e. The third kappa shape index (κ3) is 3.44. The highest BCUT2D eigenvalue weighted by molar-refractivity contribution is 6.32. The Morgan fingerprint density at radius 1 is 1.06 bits per heavy atom. The van der Waals surface area contributed by atoms with E-state index in [4.69, 9.17) is 16.3 Å². The molecule has 10 nitrogen and oxygen atoms in total. The molecule has 11 heteroatoms. The zero-order valence-electron chi connectivity index (χ0n) is 18.1. The highest BCUT2D eigenvalue weighted by atomic mass is 35.5. The van der Waals surface area contributed by atoms with Gasteiger partial charge in [-0.2, -0.15) is 5.10 Å². The first-order valence-corrected chi connectivity index (χ1v) is 10.6. The average Bonchev–Trinajstić information content (AvgIpc) is 3.26. The Morgan fingerprint density at radius 2 is 1.79 bits per heavy atom. The van der Waals surface area contributed by atoms with Gasteiger partial charge in [-0.15, -0.1) is 10.2 Å². The van der Waals surface area contributed by atoms with Gasteiger partial charge in [0.05, 0.1) is 21.6 Å². The number of hydrogen-bond donors (Lipinski definition) is 0. The van der Waals surface area contributed by atoms with Gasteiger partial charge < -0.3 is 4.74 Å². The van der Waals surface area contributed by atoms with E-state index in [1.807, 2.05) is 0 Å². The van der Waals surface area contributed by atoms with E-state index in [-0.39, 0.29) is 18.0 Å². The maximum absolute atomic E-state index is 12.8. The molecule has 0 amide bonds. The molecule has 0 fully saturated rings. The first-order valence-electron chi connectivity index (χ1n) is 10.2. The SMILES string of the molecule is Cc1cc(=O)c(C(=O)OCc2nnc3n(C)c(=O)c4ccccc4n23)nn1-c1ccccc1Cl. The lowest BCUT2D eigenvalue weighted by atomic mass is 10.2. The van der Waals surface area contributed by atoms with Gasteiger partial charge in [-0.3, -0.25) is 18.6 Å². The minimum absolute atomic E-state index is 0.219. The molecule has 0 unspecified atom stereocenters. The van der Waals surface area contributed by atoms with Crippen molar-refractivity contribution in [2.75, 3.05) is 0 Å². The second-order valence-corrected chi connectivity index (χ2v) is 7.98. The summed E-state index contributed by atoms with van der Waals surface area (Å²) >= 11 is 6.26. The molecular weight excluding hydrogens is 460 g/mol. The summed E-state index contributed by atoms with van der Waals surface area (Å²) < 4.78 is 9.79. The van der Waals surface area contributed by atoms with E-state index < -0.39 is 17.1 Å². The molecule has 0 saturated heterocycles. The molecule has 0 bridgehead atoms. The Labute approximate surface area is 196 Å². The summed E-state index contributed by atoms with van der Waals surface area (Å²) in [6, 6.07) is 15.2. The van der Waals surface area contributed by atoms with E-state index in [0.717, 1.165) is 0 Å². The van der Waals surface area contributed by atoms with Crippen LogP contribution in [0.4, 0.5) is 0 Å². The fourth-order valence-electron chi connectivity index (χ4n) is 3.74. The number of nitrogens with zero attached hydrogens (tertiary/aromatic N) is 6. The van der Waals surface area contributed by atoms with Gasteiger partial charge >= 0.3 is 5.97 Å². The summed E-state index contributed by atoms with van der Waals surface area (Å²) in [7, 11) is 1.59. The molecule has 0 aliphatic carbocycles. The topological polar surface area (TPSA) is 113 Å². The maximum Gasteiger partial charge on any atom is 0.363 e. The van der Waals surface area contributed by atoms with E-state index >= 15 is 0 Å². The summed E-state index contributed by atoms with van der Waals surface area (Å²) in [5, 5.41) is 13.2. The molecule has 3 aromatic heterocycles. The van der Waals surface area contributed by atoms with E-state index in [1.165, 1.54) is 15.3 Å². The number of aryl methyl sites for hydroxylation is 2. The number of carbonyl (C=O) groups excluding carboxylic acids is 1. The standard InChI is InChI=1S/C23H17ClN6O4/c1-13-11-18(31)20(27-30(13)17-10-6-4-8-15(17)24)22(33)34-12-19-25-26-23-28(2)21(32)14-7-3-5-9-16(14)29(19)23/h3-11H,12H2,1-2H3. The van der Waals surface area contributed by atoms with Gasteiger partial charge in [0.2, 0.25) is 16.9 Å². The van der Waals surface area contributed by atoms with Gasteiger partial charge in [0.15, 0.2) is 12.4 Å². The lowest BCUT2D eigenvalue weighted by molar-refractivity contribution is 0.0450. The van der Waals surface area contributed by atoms with Crippen molar-refractivity contribution in [2.45, 2.75) is 13.5 Å². The van der Waals surface area contributed by atoms with Crippen LogP contribution in [0.15, 0.2) is 64.2 Å². The first-order chi connectivity index (χ1) is 16.4. The summed E-state index contributed by atoms with van der Waals surface area (Å²) in [6.45, 7) is 1.40. The number of aromatic nitrogens is 6. The van der Waals surface area contributed by atoms with Gasteiger partial charge in [-0.05, 0) is 31.2 Å². The number of para-hydroxylation sites is 2. The number of fused-ring (bicyclic) bond motifs is 3. The van der Waals surface area contributed by atoms with Crippen LogP contribution >= 0.6 is 11.6 Å². The number of rotatable bonds is 4. The number of halogens is 1. The fourth-order valence-corrected chi connectivity index (χ4v) is 3.96. The van der Waals surface area contributed by atoms with Crippen LogP contribution < -0.4 is 11.0 Å². The fraction of sp³-hybridized carbons (Fsp3) is 0.130. The molecule has 0 atom stereocenters. The number of esters is 1. The molecule has 0 aliphatic rings. The Balaban J connectivity index is 1.51. The van der Waals surface area contributed by atoms with Crippen LogP contribution in [0.2, 0.25) is 5.02 Å². The zero-order chi connectivity index (χ0) is 24.0. The quantitative estimate of drug-likeness (QED) is 0.366. The molecule has 0 spiro atoms. The molecule has 170 valence electrons. The molecule has 5 aromatic rings. The molecule has 0 N–H and O–H groups in total. The van der Waals surface area contributed by atoms with Crippen molar-refractivity contribution in [3.05, 3.63) is 97.4 Å². The Bertz CT molecular complexity index is 1720. The van der Waals surface area contributed by atoms with E-state index in [2.05, 4.69) is 15.3 Å². The third-order valence-corrected chi connectivity index (χ3v) is 5.73. The van der Waals surface area contributed by atoms with Gasteiger partial charge in [0, 0.05) is 18.8 Å². The van der Waals surface area contributed by atoms with Crippen molar-refractivity contribution in [3.63, 3.8) is 0 Å². The highest BCUT2D eigenvalue weighted by Crippen LogP contribution is 2.20. The molecule has 0 saturated carbocycles. The van der Waals surface area contributed by atoms with Crippen LogP contribution in [0.3, 0.4) is 0 Å². The van der Waals surface area contributed by atoms with Crippen molar-refractivity contribution in [1.29, 1.82) is 0 Å². The van der Waals surface area contributed by atoms with Crippen LogP contribution in [0.5, 0.6) is 0 Å². The number of ether oxygens (including phenoxy) is 1. The van der Waals surface area contributed by atoms with Crippen LogP contribution in [-0.2, 0) is 18.4 Å². The lowest BCUT2D eigenvalue weighted by Gasteiger charge is -2.12. The van der Waals surface area contributed by atoms with E-state index in [0.29, 0.717) is 33.1 Å². The molecule has 0 aliphatic heterocycles. The van der Waals surface area contributed by atoms with Crippen LogP contribution in [0.25, 0.3) is 22.4 Å². The monoisotopic (exact) mass is 476 g/mol. The van der Waals surface area contributed by atoms with E-state index in [1.54, 1.807) is 66.9 Å². The smallest absolute Gasteiger partial charge is 0.363 e. The highest BCUT2D eigenvalue weighted by Gasteiger charge is 2.20. The average molecular weight is 477 g/mol. The third-order valence-electron chi connectivity index (χ3n) is 5.41. The molecule has 34 heavy (non-hydrogen) atoms. The van der Waals surface area contributed by atoms with Gasteiger partial charge in [-0.1, -0.05) is 35.9 Å². The maximum atomic E-state index is 12.8. The van der Waals surface area contributed by atoms with E-state index in [9.17, 15) is 14.4 Å². The predicted molar refractivity (Wildman–Crippen MR) is 124 cm³/mol. The number of hydrogen-bond acceptors (Lipinski definition) is 7. The lowest BCUT2D eigenvalue weighted by Crippen LogP contribution is -2.24. The Kier molecular flexibility index (Phi) is 5.21. The summed E-state index contributed by atoms with van der Waals surface area (Å²) in [4.78, 5) is 37.9. The van der Waals surface area contributed by atoms with Crippen molar-refractivity contribution in [3.8, 4) is 5.69 Å². The molecule has 5 rings (SSSR count). The van der Waals surface area contributed by atoms with Crippen LogP contribution in [0.1, 0.15) is 22.0 Å². The summed E-state index contributed by atoms with van der Waals surface area (Å²) in [5.41, 5.74) is 0.410. The molecular formula is C23H17ClN6O4. The normalized spacial score (nSPS) is 11.3. The van der Waals surface area contributed by atoms with Gasteiger partial charge in [-0.25, -0.2) is 9.48 Å². The van der Waals surface area contributed by atoms with Crippen LogP contribution in [0, 0.1) is 6.92 Å².